The summed E-state index contributed by atoms with van der Waals surface area (Å²) in [5.41, 5.74) is 10.2. The van der Waals surface area contributed by atoms with Crippen molar-refractivity contribution in [3.63, 3.8) is 0 Å². The van der Waals surface area contributed by atoms with Gasteiger partial charge in [0.25, 0.3) is 0 Å². The lowest BCUT2D eigenvalue weighted by molar-refractivity contribution is 0.477. The van der Waals surface area contributed by atoms with Gasteiger partial charge in [-0.25, -0.2) is 0 Å². The maximum atomic E-state index is 5.99. The van der Waals surface area contributed by atoms with Gasteiger partial charge < -0.3 is 10.5 Å². The average molecular weight is 320 g/mol. The maximum Gasteiger partial charge on any atom is 0.130 e. The van der Waals surface area contributed by atoms with Crippen LogP contribution in [0.1, 0.15) is 22.3 Å². The third-order valence-electron chi connectivity index (χ3n) is 3.13. The first-order valence-electron chi connectivity index (χ1n) is 6.25. The van der Waals surface area contributed by atoms with E-state index in [1.807, 2.05) is 37.3 Å². The molecule has 2 aromatic carbocycles. The number of nitrogens with two attached hydrogens (primary N) is 1. The van der Waals surface area contributed by atoms with E-state index in [4.69, 9.17) is 10.5 Å². The van der Waals surface area contributed by atoms with Crippen LogP contribution < -0.4 is 10.5 Å². The van der Waals surface area contributed by atoms with Crippen LogP contribution >= 0.6 is 15.9 Å². The predicted molar refractivity (Wildman–Crippen MR) is 82.8 cm³/mol. The standard InChI is InChI=1S/C16H18BrNO/c1-10-4-5-13(9-18)8-15(10)19-14-6-11(2)16(17)12(3)7-14/h4-8H,9,18H2,1-3H3. The zero-order chi connectivity index (χ0) is 14.0. The third kappa shape index (κ3) is 3.17. The Labute approximate surface area is 122 Å². The topological polar surface area (TPSA) is 35.2 Å². The summed E-state index contributed by atoms with van der Waals surface area (Å²) in [5.74, 6) is 1.72. The van der Waals surface area contributed by atoms with Gasteiger partial charge in [0.05, 0.1) is 0 Å². The first kappa shape index (κ1) is 14.1. The second-order valence-corrected chi connectivity index (χ2v) is 5.57. The van der Waals surface area contributed by atoms with Crippen LogP contribution in [-0.4, -0.2) is 0 Å². The highest BCUT2D eigenvalue weighted by atomic mass is 79.9. The van der Waals surface area contributed by atoms with Gasteiger partial charge in [0.1, 0.15) is 11.5 Å². The number of hydrogen-bond donors (Lipinski definition) is 1. The number of rotatable bonds is 3. The van der Waals surface area contributed by atoms with Crippen molar-refractivity contribution in [2.45, 2.75) is 27.3 Å². The van der Waals surface area contributed by atoms with Crippen molar-refractivity contribution in [3.05, 3.63) is 57.1 Å². The Morgan fingerprint density at radius 3 is 2.21 bits per heavy atom. The molecule has 0 amide bonds. The van der Waals surface area contributed by atoms with Gasteiger partial charge in [-0.15, -0.1) is 0 Å². The van der Waals surface area contributed by atoms with E-state index in [1.54, 1.807) is 0 Å². The van der Waals surface area contributed by atoms with Crippen molar-refractivity contribution < 1.29 is 4.74 Å². The molecule has 0 bridgehead atoms. The minimum absolute atomic E-state index is 0.523. The largest absolute Gasteiger partial charge is 0.457 e. The van der Waals surface area contributed by atoms with Crippen LogP contribution in [0.3, 0.4) is 0 Å². The first-order valence-corrected chi connectivity index (χ1v) is 7.04. The van der Waals surface area contributed by atoms with Crippen LogP contribution in [0.25, 0.3) is 0 Å². The van der Waals surface area contributed by atoms with Crippen LogP contribution in [0, 0.1) is 20.8 Å². The fourth-order valence-electron chi connectivity index (χ4n) is 1.97. The van der Waals surface area contributed by atoms with Crippen LogP contribution in [0.4, 0.5) is 0 Å². The lowest BCUT2D eigenvalue weighted by Gasteiger charge is -2.12. The molecule has 2 rings (SSSR count). The van der Waals surface area contributed by atoms with Gasteiger partial charge in [-0.3, -0.25) is 0 Å². The number of halogens is 1. The minimum Gasteiger partial charge on any atom is -0.457 e. The average Bonchev–Trinajstić information content (AvgIpc) is 2.38. The molecule has 3 heteroatoms. The summed E-state index contributed by atoms with van der Waals surface area (Å²) in [6, 6.07) is 10.1. The van der Waals surface area contributed by atoms with Gasteiger partial charge in [-0.2, -0.15) is 0 Å². The van der Waals surface area contributed by atoms with Gasteiger partial charge in [0.15, 0.2) is 0 Å². The summed E-state index contributed by atoms with van der Waals surface area (Å²) in [5, 5.41) is 0. The number of aryl methyl sites for hydroxylation is 3. The molecular weight excluding hydrogens is 302 g/mol. The molecule has 2 aromatic rings. The van der Waals surface area contributed by atoms with E-state index in [0.717, 1.165) is 27.1 Å². The number of benzene rings is 2. The molecule has 0 heterocycles. The molecule has 100 valence electrons. The van der Waals surface area contributed by atoms with E-state index in [9.17, 15) is 0 Å². The van der Waals surface area contributed by atoms with E-state index in [-0.39, 0.29) is 0 Å². The Bertz CT molecular complexity index is 585. The first-order chi connectivity index (χ1) is 9.01. The van der Waals surface area contributed by atoms with Crippen LogP contribution in [0.15, 0.2) is 34.8 Å². The highest BCUT2D eigenvalue weighted by molar-refractivity contribution is 9.10. The lowest BCUT2D eigenvalue weighted by Crippen LogP contribution is -1.97. The van der Waals surface area contributed by atoms with E-state index in [1.165, 1.54) is 11.1 Å². The third-order valence-corrected chi connectivity index (χ3v) is 4.38. The Morgan fingerprint density at radius 1 is 1.00 bits per heavy atom. The van der Waals surface area contributed by atoms with Gasteiger partial charge in [-0.1, -0.05) is 28.1 Å². The normalized spacial score (nSPS) is 10.6. The molecule has 0 saturated heterocycles. The fourth-order valence-corrected chi connectivity index (χ4v) is 2.20. The van der Waals surface area contributed by atoms with Crippen molar-refractivity contribution in [1.29, 1.82) is 0 Å². The fraction of sp³-hybridized carbons (Fsp3) is 0.250. The summed E-state index contributed by atoms with van der Waals surface area (Å²) in [4.78, 5) is 0. The molecule has 2 nitrogen and oxygen atoms in total. The second-order valence-electron chi connectivity index (χ2n) is 4.78. The molecule has 0 aliphatic carbocycles. The SMILES string of the molecule is Cc1ccc(CN)cc1Oc1cc(C)c(Br)c(C)c1. The molecule has 0 unspecified atom stereocenters. The van der Waals surface area contributed by atoms with Crippen molar-refractivity contribution in [2.24, 2.45) is 5.73 Å². The molecular formula is C16H18BrNO. The summed E-state index contributed by atoms with van der Waals surface area (Å²) in [6.07, 6.45) is 0. The van der Waals surface area contributed by atoms with Crippen molar-refractivity contribution in [1.82, 2.24) is 0 Å². The van der Waals surface area contributed by atoms with Crippen LogP contribution in [0.5, 0.6) is 11.5 Å². The Morgan fingerprint density at radius 2 is 1.63 bits per heavy atom. The van der Waals surface area contributed by atoms with Gasteiger partial charge in [0.2, 0.25) is 0 Å². The van der Waals surface area contributed by atoms with E-state index >= 15 is 0 Å². The highest BCUT2D eigenvalue weighted by Gasteiger charge is 2.06. The number of hydrogen-bond acceptors (Lipinski definition) is 2. The molecule has 0 spiro atoms. The molecule has 0 aromatic heterocycles. The molecule has 0 aliphatic rings. The molecule has 0 saturated carbocycles. The van der Waals surface area contributed by atoms with Crippen molar-refractivity contribution >= 4 is 15.9 Å². The summed E-state index contributed by atoms with van der Waals surface area (Å²) in [6.45, 7) is 6.68. The molecule has 0 fully saturated rings. The highest BCUT2D eigenvalue weighted by Crippen LogP contribution is 2.31. The minimum atomic E-state index is 0.523. The second kappa shape index (κ2) is 5.76. The lowest BCUT2D eigenvalue weighted by atomic mass is 10.1. The molecule has 0 atom stereocenters. The Kier molecular flexibility index (Phi) is 4.27. The zero-order valence-corrected chi connectivity index (χ0v) is 13.0. The summed E-state index contributed by atoms with van der Waals surface area (Å²) < 4.78 is 7.12. The Hall–Kier alpha value is -1.32. The molecule has 0 radical (unpaired) electrons. The smallest absolute Gasteiger partial charge is 0.130 e. The Balaban J connectivity index is 2.36. The molecule has 2 N–H and O–H groups in total. The van der Waals surface area contributed by atoms with E-state index < -0.39 is 0 Å². The van der Waals surface area contributed by atoms with Gasteiger partial charge in [-0.05, 0) is 61.2 Å². The maximum absolute atomic E-state index is 5.99. The van der Waals surface area contributed by atoms with Crippen LogP contribution in [-0.2, 0) is 6.54 Å². The molecule has 0 aliphatic heterocycles. The van der Waals surface area contributed by atoms with Crippen molar-refractivity contribution in [3.8, 4) is 11.5 Å². The quantitative estimate of drug-likeness (QED) is 0.895. The van der Waals surface area contributed by atoms with Gasteiger partial charge >= 0.3 is 0 Å². The van der Waals surface area contributed by atoms with Gasteiger partial charge in [0, 0.05) is 11.0 Å². The summed E-state index contributed by atoms with van der Waals surface area (Å²) in [7, 11) is 0. The van der Waals surface area contributed by atoms with E-state index in [0.29, 0.717) is 6.54 Å². The zero-order valence-electron chi connectivity index (χ0n) is 11.5. The van der Waals surface area contributed by atoms with Crippen molar-refractivity contribution in [2.75, 3.05) is 0 Å². The monoisotopic (exact) mass is 319 g/mol. The number of ether oxygens (including phenoxy) is 1. The predicted octanol–water partition coefficient (Wildman–Crippen LogP) is 4.63. The molecule has 19 heavy (non-hydrogen) atoms. The summed E-state index contributed by atoms with van der Waals surface area (Å²) >= 11 is 3.56. The van der Waals surface area contributed by atoms with E-state index in [2.05, 4.69) is 29.8 Å². The van der Waals surface area contributed by atoms with Crippen LogP contribution in [0.2, 0.25) is 0 Å².